The van der Waals surface area contributed by atoms with Crippen LogP contribution in [0.2, 0.25) is 0 Å². The van der Waals surface area contributed by atoms with Crippen LogP contribution in [0.3, 0.4) is 0 Å². The van der Waals surface area contributed by atoms with E-state index in [0.29, 0.717) is 24.0 Å². The van der Waals surface area contributed by atoms with Crippen LogP contribution in [0.5, 0.6) is 0 Å². The highest BCUT2D eigenvalue weighted by molar-refractivity contribution is 5.89. The maximum absolute atomic E-state index is 11.9. The fraction of sp³-hybridized carbons (Fsp3) is 0.500. The Hall–Kier alpha value is -1.86. The number of ether oxygens (including phenoxy) is 1. The third-order valence-corrected chi connectivity index (χ3v) is 2.96. The smallest absolute Gasteiger partial charge is 0.338 e. The first-order valence-electron chi connectivity index (χ1n) is 6.75. The van der Waals surface area contributed by atoms with E-state index >= 15 is 0 Å². The lowest BCUT2D eigenvalue weighted by atomic mass is 10.0. The number of aliphatic hydroxyl groups is 1. The average Bonchev–Trinajstić information content (AvgIpc) is 2.37. The minimum Gasteiger partial charge on any atom is -0.459 e. The van der Waals surface area contributed by atoms with Crippen molar-refractivity contribution in [3.8, 4) is 6.07 Å². The molecular formula is C16H21NO3. The van der Waals surface area contributed by atoms with Gasteiger partial charge in [0, 0.05) is 0 Å². The molecule has 0 spiro atoms. The first-order valence-corrected chi connectivity index (χ1v) is 6.75. The Kier molecular flexibility index (Phi) is 5.72. The normalized spacial score (nSPS) is 12.6. The van der Waals surface area contributed by atoms with E-state index in [1.165, 1.54) is 0 Å². The number of rotatable bonds is 6. The number of hydrogen-bond donors (Lipinski definition) is 1. The van der Waals surface area contributed by atoms with Crippen molar-refractivity contribution >= 4 is 5.97 Å². The standard InChI is InChI=1S/C16H21NO3/c1-12(5-4-10-16(2,3)19)20-15(18)14-8-6-13(11-17)7-9-14/h6-9,12,19H,4-5,10H2,1-3H3. The molecule has 1 atom stereocenters. The van der Waals surface area contributed by atoms with Gasteiger partial charge in [0.05, 0.1) is 28.9 Å². The summed E-state index contributed by atoms with van der Waals surface area (Å²) < 4.78 is 5.32. The fourth-order valence-electron chi connectivity index (χ4n) is 1.81. The predicted octanol–water partition coefficient (Wildman–Crippen LogP) is 3.04. The molecule has 4 nitrogen and oxygen atoms in total. The van der Waals surface area contributed by atoms with Crippen LogP contribution in [0.1, 0.15) is 56.0 Å². The number of nitriles is 1. The largest absolute Gasteiger partial charge is 0.459 e. The van der Waals surface area contributed by atoms with Crippen LogP contribution >= 0.6 is 0 Å². The molecule has 108 valence electrons. The minimum absolute atomic E-state index is 0.194. The molecule has 0 aliphatic carbocycles. The molecule has 0 saturated heterocycles. The van der Waals surface area contributed by atoms with Crippen molar-refractivity contribution in [1.29, 1.82) is 5.26 Å². The summed E-state index contributed by atoms with van der Waals surface area (Å²) in [6, 6.07) is 8.36. The number of benzene rings is 1. The van der Waals surface area contributed by atoms with E-state index < -0.39 is 5.60 Å². The zero-order valence-electron chi connectivity index (χ0n) is 12.2. The van der Waals surface area contributed by atoms with Gasteiger partial charge in [0.2, 0.25) is 0 Å². The molecule has 0 aliphatic rings. The van der Waals surface area contributed by atoms with Crippen LogP contribution < -0.4 is 0 Å². The summed E-state index contributed by atoms with van der Waals surface area (Å²) in [5.41, 5.74) is 0.273. The van der Waals surface area contributed by atoms with Gasteiger partial charge in [-0.15, -0.1) is 0 Å². The molecule has 1 unspecified atom stereocenters. The second kappa shape index (κ2) is 7.06. The molecule has 4 heteroatoms. The predicted molar refractivity (Wildman–Crippen MR) is 76.2 cm³/mol. The lowest BCUT2D eigenvalue weighted by Crippen LogP contribution is -2.20. The van der Waals surface area contributed by atoms with E-state index in [2.05, 4.69) is 0 Å². The van der Waals surface area contributed by atoms with Crippen molar-refractivity contribution in [3.63, 3.8) is 0 Å². The van der Waals surface area contributed by atoms with Crippen molar-refractivity contribution < 1.29 is 14.6 Å². The van der Waals surface area contributed by atoms with E-state index in [-0.39, 0.29) is 12.1 Å². The molecule has 1 aromatic carbocycles. The van der Waals surface area contributed by atoms with Gasteiger partial charge < -0.3 is 9.84 Å². The maximum Gasteiger partial charge on any atom is 0.338 e. The highest BCUT2D eigenvalue weighted by Gasteiger charge is 2.15. The Bertz CT molecular complexity index is 480. The van der Waals surface area contributed by atoms with Gasteiger partial charge in [-0.05, 0) is 64.3 Å². The van der Waals surface area contributed by atoms with E-state index in [1.807, 2.05) is 13.0 Å². The van der Waals surface area contributed by atoms with Gasteiger partial charge in [0.1, 0.15) is 0 Å². The summed E-state index contributed by atoms with van der Waals surface area (Å²) in [5.74, 6) is -0.384. The molecule has 0 aromatic heterocycles. The zero-order chi connectivity index (χ0) is 15.2. The molecule has 1 N–H and O–H groups in total. The minimum atomic E-state index is -0.684. The number of carbonyl (C=O) groups excluding carboxylic acids is 1. The Morgan fingerprint density at radius 3 is 2.50 bits per heavy atom. The van der Waals surface area contributed by atoms with Crippen molar-refractivity contribution in [2.24, 2.45) is 0 Å². The van der Waals surface area contributed by atoms with E-state index in [0.717, 1.165) is 6.42 Å². The number of nitrogens with zero attached hydrogens (tertiary/aromatic N) is 1. The van der Waals surface area contributed by atoms with Gasteiger partial charge in [-0.25, -0.2) is 4.79 Å². The number of hydrogen-bond acceptors (Lipinski definition) is 4. The van der Waals surface area contributed by atoms with Crippen molar-refractivity contribution in [2.45, 2.75) is 51.7 Å². The monoisotopic (exact) mass is 275 g/mol. The van der Waals surface area contributed by atoms with Crippen LogP contribution in [0.15, 0.2) is 24.3 Å². The Balaban J connectivity index is 2.43. The SMILES string of the molecule is CC(CCCC(C)(C)O)OC(=O)c1ccc(C#N)cc1. The summed E-state index contributed by atoms with van der Waals surface area (Å²) >= 11 is 0. The van der Waals surface area contributed by atoms with Crippen LogP contribution in [-0.2, 0) is 4.74 Å². The first kappa shape index (κ1) is 16.2. The van der Waals surface area contributed by atoms with E-state index in [4.69, 9.17) is 10.00 Å². The summed E-state index contributed by atoms with van der Waals surface area (Å²) in [6.07, 6.45) is 1.99. The third-order valence-electron chi connectivity index (χ3n) is 2.96. The summed E-state index contributed by atoms with van der Waals surface area (Å²) in [6.45, 7) is 5.37. The zero-order valence-corrected chi connectivity index (χ0v) is 12.2. The number of esters is 1. The second-order valence-corrected chi connectivity index (χ2v) is 5.61. The van der Waals surface area contributed by atoms with Crippen LogP contribution in [0.25, 0.3) is 0 Å². The summed E-state index contributed by atoms with van der Waals surface area (Å²) in [5, 5.41) is 18.3. The van der Waals surface area contributed by atoms with E-state index in [9.17, 15) is 9.90 Å². The van der Waals surface area contributed by atoms with Gasteiger partial charge in [-0.3, -0.25) is 0 Å². The van der Waals surface area contributed by atoms with Gasteiger partial charge in [-0.1, -0.05) is 0 Å². The third kappa shape index (κ3) is 5.85. The molecule has 0 radical (unpaired) electrons. The molecule has 0 aliphatic heterocycles. The van der Waals surface area contributed by atoms with Crippen LogP contribution in [-0.4, -0.2) is 22.8 Å². The van der Waals surface area contributed by atoms with Crippen molar-refractivity contribution in [1.82, 2.24) is 0 Å². The molecule has 1 rings (SSSR count). The van der Waals surface area contributed by atoms with Gasteiger partial charge in [0.15, 0.2) is 0 Å². The van der Waals surface area contributed by atoms with Crippen LogP contribution in [0.4, 0.5) is 0 Å². The molecule has 0 amide bonds. The molecule has 1 aromatic rings. The summed E-state index contributed by atoms with van der Waals surface area (Å²) in [4.78, 5) is 11.9. The average molecular weight is 275 g/mol. The topological polar surface area (TPSA) is 70.3 Å². The van der Waals surface area contributed by atoms with Gasteiger partial charge in [0.25, 0.3) is 0 Å². The Labute approximate surface area is 120 Å². The molecular weight excluding hydrogens is 254 g/mol. The van der Waals surface area contributed by atoms with Gasteiger partial charge in [-0.2, -0.15) is 5.26 Å². The molecule has 0 bridgehead atoms. The quantitative estimate of drug-likeness (QED) is 0.810. The highest BCUT2D eigenvalue weighted by atomic mass is 16.5. The number of carbonyl (C=O) groups is 1. The molecule has 20 heavy (non-hydrogen) atoms. The highest BCUT2D eigenvalue weighted by Crippen LogP contribution is 2.15. The van der Waals surface area contributed by atoms with Crippen molar-refractivity contribution in [2.75, 3.05) is 0 Å². The fourth-order valence-corrected chi connectivity index (χ4v) is 1.81. The van der Waals surface area contributed by atoms with Crippen molar-refractivity contribution in [3.05, 3.63) is 35.4 Å². The summed E-state index contributed by atoms with van der Waals surface area (Å²) in [7, 11) is 0. The Morgan fingerprint density at radius 1 is 1.40 bits per heavy atom. The molecule has 0 fully saturated rings. The van der Waals surface area contributed by atoms with E-state index in [1.54, 1.807) is 38.1 Å². The lowest BCUT2D eigenvalue weighted by Gasteiger charge is -2.18. The maximum atomic E-state index is 11.9. The van der Waals surface area contributed by atoms with Gasteiger partial charge >= 0.3 is 5.97 Å². The second-order valence-electron chi connectivity index (χ2n) is 5.61. The lowest BCUT2D eigenvalue weighted by molar-refractivity contribution is 0.0284. The first-order chi connectivity index (χ1) is 9.31. The van der Waals surface area contributed by atoms with Crippen LogP contribution in [0, 0.1) is 11.3 Å². The molecule has 0 heterocycles. The Morgan fingerprint density at radius 2 is 2.00 bits per heavy atom. The molecule has 0 saturated carbocycles.